The summed E-state index contributed by atoms with van der Waals surface area (Å²) in [5, 5.41) is 13.5. The van der Waals surface area contributed by atoms with E-state index in [0.29, 0.717) is 19.6 Å². The number of hydrogen-bond donors (Lipinski definition) is 1. The SMILES string of the molecule is Cc1noc(C)c1CN1Cc2ccnn2C(C(=O)NCc2cccs2)C1. The number of thiophene rings is 1. The molecule has 1 aliphatic rings. The number of fused-ring (bicyclic) bond motifs is 1. The quantitative estimate of drug-likeness (QED) is 0.745. The Morgan fingerprint density at radius 1 is 1.42 bits per heavy atom. The Bertz CT molecular complexity index is 879. The lowest BCUT2D eigenvalue weighted by atomic mass is 10.1. The number of amides is 1. The van der Waals surface area contributed by atoms with E-state index < -0.39 is 0 Å². The minimum atomic E-state index is -0.339. The van der Waals surface area contributed by atoms with Gasteiger partial charge in [-0.3, -0.25) is 14.4 Å². The summed E-state index contributed by atoms with van der Waals surface area (Å²) in [4.78, 5) is 16.2. The number of nitrogens with zero attached hydrogens (tertiary/aromatic N) is 4. The molecule has 3 aromatic rings. The van der Waals surface area contributed by atoms with Crippen LogP contribution in [0.2, 0.25) is 0 Å². The van der Waals surface area contributed by atoms with Crippen molar-refractivity contribution in [1.29, 1.82) is 0 Å². The van der Waals surface area contributed by atoms with Gasteiger partial charge in [-0.2, -0.15) is 5.10 Å². The number of carbonyl (C=O) groups excluding carboxylic acids is 1. The summed E-state index contributed by atoms with van der Waals surface area (Å²) in [6, 6.07) is 5.65. The molecule has 0 saturated carbocycles. The maximum Gasteiger partial charge on any atom is 0.246 e. The first kappa shape index (κ1) is 17.0. The summed E-state index contributed by atoms with van der Waals surface area (Å²) in [7, 11) is 0. The smallest absolute Gasteiger partial charge is 0.246 e. The van der Waals surface area contributed by atoms with E-state index in [1.165, 1.54) is 0 Å². The van der Waals surface area contributed by atoms with E-state index in [2.05, 4.69) is 20.5 Å². The predicted molar refractivity (Wildman–Crippen MR) is 97.5 cm³/mol. The maximum absolute atomic E-state index is 12.8. The Morgan fingerprint density at radius 2 is 2.31 bits per heavy atom. The lowest BCUT2D eigenvalue weighted by molar-refractivity contribution is -0.126. The van der Waals surface area contributed by atoms with Crippen molar-refractivity contribution in [3.8, 4) is 0 Å². The van der Waals surface area contributed by atoms with Crippen LogP contribution in [0.25, 0.3) is 0 Å². The molecule has 0 bridgehead atoms. The zero-order chi connectivity index (χ0) is 18.1. The number of aryl methyl sites for hydroxylation is 2. The van der Waals surface area contributed by atoms with Crippen LogP contribution in [0.3, 0.4) is 0 Å². The standard InChI is InChI=1S/C18H21N5O2S/c1-12-16(13(2)25-21-12)10-22-9-14-5-6-20-23(14)17(11-22)18(24)19-8-15-4-3-7-26-15/h3-7,17H,8-11H2,1-2H3,(H,19,24). The average molecular weight is 371 g/mol. The third-order valence-corrected chi connectivity index (χ3v) is 5.62. The summed E-state index contributed by atoms with van der Waals surface area (Å²) in [6.45, 7) is 6.49. The zero-order valence-electron chi connectivity index (χ0n) is 14.8. The van der Waals surface area contributed by atoms with Crippen molar-refractivity contribution in [1.82, 2.24) is 25.2 Å². The van der Waals surface area contributed by atoms with E-state index in [9.17, 15) is 4.79 Å². The molecular weight excluding hydrogens is 350 g/mol. The molecule has 4 heterocycles. The van der Waals surface area contributed by atoms with Crippen molar-refractivity contribution in [3.63, 3.8) is 0 Å². The normalized spacial score (nSPS) is 17.2. The fourth-order valence-corrected chi connectivity index (χ4v) is 3.98. The van der Waals surface area contributed by atoms with Gasteiger partial charge in [-0.05, 0) is 31.4 Å². The summed E-state index contributed by atoms with van der Waals surface area (Å²) in [5.41, 5.74) is 3.04. The van der Waals surface area contributed by atoms with Crippen LogP contribution in [0.4, 0.5) is 0 Å². The highest BCUT2D eigenvalue weighted by Gasteiger charge is 2.31. The van der Waals surface area contributed by atoms with Crippen LogP contribution in [0.15, 0.2) is 34.3 Å². The van der Waals surface area contributed by atoms with Crippen molar-refractivity contribution in [3.05, 3.63) is 57.4 Å². The molecule has 1 amide bonds. The van der Waals surface area contributed by atoms with E-state index in [-0.39, 0.29) is 11.9 Å². The van der Waals surface area contributed by atoms with E-state index in [4.69, 9.17) is 4.52 Å². The lowest BCUT2D eigenvalue weighted by Gasteiger charge is -2.33. The second-order valence-corrected chi connectivity index (χ2v) is 7.58. The highest BCUT2D eigenvalue weighted by Crippen LogP contribution is 2.24. The predicted octanol–water partition coefficient (Wildman–Crippen LogP) is 2.42. The van der Waals surface area contributed by atoms with Crippen LogP contribution in [0.1, 0.15) is 33.6 Å². The molecule has 7 nitrogen and oxygen atoms in total. The van der Waals surface area contributed by atoms with Gasteiger partial charge in [-0.15, -0.1) is 11.3 Å². The molecule has 4 rings (SSSR count). The van der Waals surface area contributed by atoms with E-state index in [1.54, 1.807) is 17.5 Å². The highest BCUT2D eigenvalue weighted by atomic mass is 32.1. The molecule has 1 atom stereocenters. The summed E-state index contributed by atoms with van der Waals surface area (Å²) in [5.74, 6) is 0.826. The second kappa shape index (κ2) is 7.05. The first-order valence-electron chi connectivity index (χ1n) is 8.58. The molecule has 0 radical (unpaired) electrons. The zero-order valence-corrected chi connectivity index (χ0v) is 15.6. The van der Waals surface area contributed by atoms with Gasteiger partial charge in [-0.25, -0.2) is 0 Å². The summed E-state index contributed by atoms with van der Waals surface area (Å²) >= 11 is 1.64. The van der Waals surface area contributed by atoms with Crippen LogP contribution in [0.5, 0.6) is 0 Å². The third-order valence-electron chi connectivity index (χ3n) is 4.75. The molecule has 0 spiro atoms. The maximum atomic E-state index is 12.8. The molecule has 0 aromatic carbocycles. The number of carbonyl (C=O) groups is 1. The van der Waals surface area contributed by atoms with Crippen molar-refractivity contribution in [2.75, 3.05) is 6.54 Å². The first-order chi connectivity index (χ1) is 12.6. The van der Waals surface area contributed by atoms with E-state index >= 15 is 0 Å². The van der Waals surface area contributed by atoms with Crippen molar-refractivity contribution < 1.29 is 9.32 Å². The van der Waals surface area contributed by atoms with Gasteiger partial charge < -0.3 is 9.84 Å². The van der Waals surface area contributed by atoms with Gasteiger partial charge in [0.2, 0.25) is 5.91 Å². The van der Waals surface area contributed by atoms with Crippen LogP contribution in [-0.4, -0.2) is 32.3 Å². The van der Waals surface area contributed by atoms with Gasteiger partial charge >= 0.3 is 0 Å². The van der Waals surface area contributed by atoms with Crippen molar-refractivity contribution in [2.45, 2.75) is 39.5 Å². The summed E-state index contributed by atoms with van der Waals surface area (Å²) < 4.78 is 7.11. The Morgan fingerprint density at radius 3 is 3.04 bits per heavy atom. The topological polar surface area (TPSA) is 76.2 Å². The van der Waals surface area contributed by atoms with Crippen LogP contribution >= 0.6 is 11.3 Å². The molecule has 0 fully saturated rings. The van der Waals surface area contributed by atoms with Gasteiger partial charge in [0.25, 0.3) is 0 Å². The van der Waals surface area contributed by atoms with E-state index in [1.807, 2.05) is 42.1 Å². The molecule has 1 aliphatic heterocycles. The second-order valence-electron chi connectivity index (χ2n) is 6.55. The fourth-order valence-electron chi connectivity index (χ4n) is 3.33. The monoisotopic (exact) mass is 371 g/mol. The minimum Gasteiger partial charge on any atom is -0.361 e. The Balaban J connectivity index is 1.50. The first-order valence-corrected chi connectivity index (χ1v) is 9.46. The Hall–Kier alpha value is -2.45. The van der Waals surface area contributed by atoms with Gasteiger partial charge in [-0.1, -0.05) is 11.2 Å². The third kappa shape index (κ3) is 3.30. The van der Waals surface area contributed by atoms with Crippen molar-refractivity contribution in [2.24, 2.45) is 0 Å². The lowest BCUT2D eigenvalue weighted by Crippen LogP contribution is -2.44. The van der Waals surface area contributed by atoms with Gasteiger partial charge in [0, 0.05) is 36.3 Å². The largest absolute Gasteiger partial charge is 0.361 e. The molecule has 3 aromatic heterocycles. The molecule has 0 aliphatic carbocycles. The number of rotatable bonds is 5. The molecule has 8 heteroatoms. The molecule has 0 saturated heterocycles. The molecule has 1 N–H and O–H groups in total. The van der Waals surface area contributed by atoms with Crippen LogP contribution in [0, 0.1) is 13.8 Å². The highest BCUT2D eigenvalue weighted by molar-refractivity contribution is 7.09. The Kier molecular flexibility index (Phi) is 4.60. The molecular formula is C18H21N5O2S. The van der Waals surface area contributed by atoms with Gasteiger partial charge in [0.05, 0.1) is 17.9 Å². The van der Waals surface area contributed by atoms with Crippen LogP contribution in [-0.2, 0) is 24.4 Å². The molecule has 136 valence electrons. The summed E-state index contributed by atoms with van der Waals surface area (Å²) in [6.07, 6.45) is 1.76. The number of aromatic nitrogens is 3. The minimum absolute atomic E-state index is 0.00758. The number of hydrogen-bond acceptors (Lipinski definition) is 6. The van der Waals surface area contributed by atoms with Gasteiger partial charge in [0.1, 0.15) is 11.8 Å². The van der Waals surface area contributed by atoms with Crippen LogP contribution < -0.4 is 5.32 Å². The fraction of sp³-hybridized carbons (Fsp3) is 0.389. The Labute approximate surface area is 155 Å². The average Bonchev–Trinajstić information content (AvgIpc) is 3.37. The number of nitrogens with one attached hydrogen (secondary N) is 1. The van der Waals surface area contributed by atoms with Gasteiger partial charge in [0.15, 0.2) is 0 Å². The molecule has 26 heavy (non-hydrogen) atoms. The van der Waals surface area contributed by atoms with Crippen molar-refractivity contribution >= 4 is 17.2 Å². The van der Waals surface area contributed by atoms with E-state index in [0.717, 1.165) is 34.1 Å². The molecule has 1 unspecified atom stereocenters.